The summed E-state index contributed by atoms with van der Waals surface area (Å²) in [5.41, 5.74) is 4.17. The normalized spacial score (nSPS) is 10.4. The van der Waals surface area contributed by atoms with E-state index in [2.05, 4.69) is 42.6 Å². The molecule has 3 aromatic rings. The molecule has 0 aliphatic heterocycles. The Bertz CT molecular complexity index is 927. The quantitative estimate of drug-likeness (QED) is 0.661. The molecule has 1 aromatic heterocycles. The van der Waals surface area contributed by atoms with Gasteiger partial charge in [0.2, 0.25) is 5.95 Å². The molecule has 0 fully saturated rings. The SMILES string of the molecule is Cc1ccc(Nc2nccc(C(=O)Nc3ccccc3Br)n2)c(C)c1. The first-order chi connectivity index (χ1) is 12.0. The fourth-order valence-electron chi connectivity index (χ4n) is 2.37. The van der Waals surface area contributed by atoms with Crippen LogP contribution in [0.25, 0.3) is 0 Å². The first-order valence-corrected chi connectivity index (χ1v) is 8.55. The summed E-state index contributed by atoms with van der Waals surface area (Å²) < 4.78 is 0.811. The van der Waals surface area contributed by atoms with Gasteiger partial charge < -0.3 is 10.6 Å². The van der Waals surface area contributed by atoms with Gasteiger partial charge >= 0.3 is 0 Å². The Labute approximate surface area is 154 Å². The van der Waals surface area contributed by atoms with E-state index in [0.717, 1.165) is 15.7 Å². The standard InChI is InChI=1S/C19H17BrN4O/c1-12-7-8-15(13(2)11-12)23-19-21-10-9-17(24-19)18(25)22-16-6-4-3-5-14(16)20/h3-11H,1-2H3,(H,22,25)(H,21,23,24). The second-order valence-electron chi connectivity index (χ2n) is 5.64. The van der Waals surface area contributed by atoms with Gasteiger partial charge in [0.15, 0.2) is 0 Å². The lowest BCUT2D eigenvalue weighted by atomic mass is 10.1. The zero-order valence-corrected chi connectivity index (χ0v) is 15.5. The maximum absolute atomic E-state index is 12.4. The molecule has 1 amide bonds. The van der Waals surface area contributed by atoms with Crippen molar-refractivity contribution in [3.63, 3.8) is 0 Å². The number of aryl methyl sites for hydroxylation is 2. The van der Waals surface area contributed by atoms with E-state index in [0.29, 0.717) is 11.6 Å². The summed E-state index contributed by atoms with van der Waals surface area (Å²) in [5, 5.41) is 5.99. The molecule has 0 saturated heterocycles. The monoisotopic (exact) mass is 396 g/mol. The summed E-state index contributed by atoms with van der Waals surface area (Å²) >= 11 is 3.41. The molecule has 0 unspecified atom stereocenters. The maximum atomic E-state index is 12.4. The van der Waals surface area contributed by atoms with Gasteiger partial charge in [-0.05, 0) is 59.6 Å². The van der Waals surface area contributed by atoms with Crippen LogP contribution < -0.4 is 10.6 Å². The lowest BCUT2D eigenvalue weighted by molar-refractivity contribution is 0.102. The number of amides is 1. The molecule has 5 nitrogen and oxygen atoms in total. The average Bonchev–Trinajstić information content (AvgIpc) is 2.60. The third-order valence-electron chi connectivity index (χ3n) is 3.64. The van der Waals surface area contributed by atoms with Crippen molar-refractivity contribution in [2.75, 3.05) is 10.6 Å². The van der Waals surface area contributed by atoms with Gasteiger partial charge in [0.05, 0.1) is 5.69 Å². The average molecular weight is 397 g/mol. The van der Waals surface area contributed by atoms with E-state index >= 15 is 0 Å². The second-order valence-corrected chi connectivity index (χ2v) is 6.50. The van der Waals surface area contributed by atoms with Crippen LogP contribution in [0.4, 0.5) is 17.3 Å². The van der Waals surface area contributed by atoms with Crippen molar-refractivity contribution in [2.24, 2.45) is 0 Å². The lowest BCUT2D eigenvalue weighted by Gasteiger charge is -2.10. The number of hydrogen-bond donors (Lipinski definition) is 2. The molecule has 126 valence electrons. The summed E-state index contributed by atoms with van der Waals surface area (Å²) in [6.07, 6.45) is 1.56. The van der Waals surface area contributed by atoms with E-state index < -0.39 is 0 Å². The number of halogens is 1. The Morgan fingerprint density at radius 3 is 2.60 bits per heavy atom. The predicted molar refractivity (Wildman–Crippen MR) is 103 cm³/mol. The van der Waals surface area contributed by atoms with Crippen LogP contribution in [0.1, 0.15) is 21.6 Å². The number of para-hydroxylation sites is 1. The van der Waals surface area contributed by atoms with Crippen molar-refractivity contribution in [1.29, 1.82) is 0 Å². The summed E-state index contributed by atoms with van der Waals surface area (Å²) in [6, 6.07) is 15.1. The molecule has 1 heterocycles. The van der Waals surface area contributed by atoms with Crippen molar-refractivity contribution in [3.8, 4) is 0 Å². The van der Waals surface area contributed by atoms with Crippen LogP contribution in [-0.2, 0) is 0 Å². The molecule has 0 aliphatic carbocycles. The van der Waals surface area contributed by atoms with Crippen LogP contribution in [0, 0.1) is 13.8 Å². The van der Waals surface area contributed by atoms with E-state index in [1.165, 1.54) is 5.56 Å². The number of nitrogens with one attached hydrogen (secondary N) is 2. The van der Waals surface area contributed by atoms with Gasteiger partial charge in [-0.25, -0.2) is 9.97 Å². The Morgan fingerprint density at radius 1 is 1.04 bits per heavy atom. The fourth-order valence-corrected chi connectivity index (χ4v) is 2.75. The topological polar surface area (TPSA) is 66.9 Å². The van der Waals surface area contributed by atoms with Crippen molar-refractivity contribution >= 4 is 39.2 Å². The van der Waals surface area contributed by atoms with Gasteiger partial charge in [-0.3, -0.25) is 4.79 Å². The molecule has 0 aliphatic rings. The number of benzene rings is 2. The van der Waals surface area contributed by atoms with Gasteiger partial charge in [0.25, 0.3) is 5.91 Å². The van der Waals surface area contributed by atoms with Crippen LogP contribution in [0.3, 0.4) is 0 Å². The molecule has 0 spiro atoms. The third kappa shape index (κ3) is 4.22. The minimum absolute atomic E-state index is 0.290. The Hall–Kier alpha value is -2.73. The summed E-state index contributed by atoms with van der Waals surface area (Å²) in [4.78, 5) is 20.9. The van der Waals surface area contributed by atoms with Crippen LogP contribution in [0.5, 0.6) is 0 Å². The van der Waals surface area contributed by atoms with Gasteiger partial charge in [0, 0.05) is 16.4 Å². The minimum Gasteiger partial charge on any atom is -0.324 e. The Kier molecular flexibility index (Phi) is 5.09. The van der Waals surface area contributed by atoms with E-state index in [1.54, 1.807) is 12.3 Å². The number of hydrogen-bond acceptors (Lipinski definition) is 4. The molecular weight excluding hydrogens is 380 g/mol. The number of aromatic nitrogens is 2. The molecule has 2 aromatic carbocycles. The van der Waals surface area contributed by atoms with E-state index in [1.807, 2.05) is 50.2 Å². The first kappa shape index (κ1) is 17.1. The minimum atomic E-state index is -0.294. The maximum Gasteiger partial charge on any atom is 0.274 e. The molecule has 0 bridgehead atoms. The Balaban J connectivity index is 1.79. The van der Waals surface area contributed by atoms with E-state index in [-0.39, 0.29) is 11.6 Å². The van der Waals surface area contributed by atoms with Crippen LogP contribution in [-0.4, -0.2) is 15.9 Å². The smallest absolute Gasteiger partial charge is 0.274 e. The van der Waals surface area contributed by atoms with Gasteiger partial charge in [0.1, 0.15) is 5.69 Å². The summed E-state index contributed by atoms with van der Waals surface area (Å²) in [7, 11) is 0. The lowest BCUT2D eigenvalue weighted by Crippen LogP contribution is -2.15. The Morgan fingerprint density at radius 2 is 1.84 bits per heavy atom. The highest BCUT2D eigenvalue weighted by atomic mass is 79.9. The van der Waals surface area contributed by atoms with Crippen molar-refractivity contribution in [2.45, 2.75) is 13.8 Å². The second kappa shape index (κ2) is 7.44. The zero-order chi connectivity index (χ0) is 17.8. The van der Waals surface area contributed by atoms with Crippen LogP contribution >= 0.6 is 15.9 Å². The van der Waals surface area contributed by atoms with Crippen molar-refractivity contribution in [1.82, 2.24) is 9.97 Å². The molecule has 2 N–H and O–H groups in total. The molecule has 3 rings (SSSR count). The van der Waals surface area contributed by atoms with Crippen molar-refractivity contribution < 1.29 is 4.79 Å². The molecule has 6 heteroatoms. The predicted octanol–water partition coefficient (Wildman–Crippen LogP) is 4.85. The van der Waals surface area contributed by atoms with Crippen LogP contribution in [0.2, 0.25) is 0 Å². The number of nitrogens with zero attached hydrogens (tertiary/aromatic N) is 2. The van der Waals surface area contributed by atoms with Crippen molar-refractivity contribution in [3.05, 3.63) is 76.0 Å². The number of anilines is 3. The van der Waals surface area contributed by atoms with E-state index in [4.69, 9.17) is 0 Å². The zero-order valence-electron chi connectivity index (χ0n) is 13.9. The highest BCUT2D eigenvalue weighted by Gasteiger charge is 2.11. The number of carbonyl (C=O) groups is 1. The summed E-state index contributed by atoms with van der Waals surface area (Å²) in [6.45, 7) is 4.05. The fraction of sp³-hybridized carbons (Fsp3) is 0.105. The largest absolute Gasteiger partial charge is 0.324 e. The van der Waals surface area contributed by atoms with Gasteiger partial charge in [-0.1, -0.05) is 29.8 Å². The van der Waals surface area contributed by atoms with Crippen LogP contribution in [0.15, 0.2) is 59.2 Å². The highest BCUT2D eigenvalue weighted by molar-refractivity contribution is 9.10. The number of carbonyl (C=O) groups excluding carboxylic acids is 1. The molecule has 25 heavy (non-hydrogen) atoms. The van der Waals surface area contributed by atoms with E-state index in [9.17, 15) is 4.79 Å². The van der Waals surface area contributed by atoms with Gasteiger partial charge in [-0.15, -0.1) is 0 Å². The first-order valence-electron chi connectivity index (χ1n) is 7.76. The molecule has 0 radical (unpaired) electrons. The molecular formula is C19H17BrN4O. The molecule has 0 saturated carbocycles. The molecule has 0 atom stereocenters. The van der Waals surface area contributed by atoms with Gasteiger partial charge in [-0.2, -0.15) is 0 Å². The third-order valence-corrected chi connectivity index (χ3v) is 4.33. The summed E-state index contributed by atoms with van der Waals surface area (Å²) in [5.74, 6) is 0.0877. The number of rotatable bonds is 4. The highest BCUT2D eigenvalue weighted by Crippen LogP contribution is 2.22.